The molecule has 8 nitrogen and oxygen atoms in total. The van der Waals surface area contributed by atoms with Crippen LogP contribution in [0.5, 0.6) is 0 Å². The number of aromatic amines is 1. The number of aromatic nitrogens is 4. The average molecular weight is 297 g/mol. The van der Waals surface area contributed by atoms with Crippen molar-refractivity contribution in [2.24, 2.45) is 5.73 Å². The van der Waals surface area contributed by atoms with Gasteiger partial charge in [0.25, 0.3) is 5.89 Å². The maximum absolute atomic E-state index is 11.2. The Morgan fingerprint density at radius 3 is 2.85 bits per heavy atom. The predicted molar refractivity (Wildman–Crippen MR) is 70.1 cm³/mol. The summed E-state index contributed by atoms with van der Waals surface area (Å²) >= 11 is 0. The normalized spacial score (nSPS) is 17.9. The summed E-state index contributed by atoms with van der Waals surface area (Å²) in [6.07, 6.45) is 5.56. The largest absolute Gasteiger partial charge is 0.336 e. The van der Waals surface area contributed by atoms with Gasteiger partial charge in [-0.2, -0.15) is 4.98 Å². The predicted octanol–water partition coefficient (Wildman–Crippen LogP) is 0.342. The van der Waals surface area contributed by atoms with Crippen molar-refractivity contribution in [3.05, 3.63) is 17.8 Å². The Bertz CT molecular complexity index is 729. The second-order valence-electron chi connectivity index (χ2n) is 5.24. The summed E-state index contributed by atoms with van der Waals surface area (Å²) in [7, 11) is -3.19. The molecule has 3 rings (SSSR count). The Morgan fingerprint density at radius 2 is 2.25 bits per heavy atom. The number of nitrogens with two attached hydrogens (primary N) is 1. The van der Waals surface area contributed by atoms with Gasteiger partial charge in [-0.05, 0) is 19.3 Å². The molecule has 0 amide bonds. The molecule has 0 spiro atoms. The molecule has 2 heterocycles. The van der Waals surface area contributed by atoms with Crippen molar-refractivity contribution in [1.82, 2.24) is 20.1 Å². The molecule has 2 aromatic heterocycles. The highest BCUT2D eigenvalue weighted by atomic mass is 32.2. The highest BCUT2D eigenvalue weighted by Gasteiger charge is 2.37. The zero-order chi connectivity index (χ0) is 14.4. The van der Waals surface area contributed by atoms with Crippen LogP contribution in [0.1, 0.15) is 30.9 Å². The Labute approximate surface area is 115 Å². The third kappa shape index (κ3) is 2.46. The van der Waals surface area contributed by atoms with Crippen LogP contribution < -0.4 is 5.73 Å². The number of hydrogen-bond donors (Lipinski definition) is 2. The third-order valence-electron chi connectivity index (χ3n) is 3.38. The molecule has 1 aliphatic carbocycles. The van der Waals surface area contributed by atoms with Crippen LogP contribution in [0.25, 0.3) is 11.6 Å². The lowest BCUT2D eigenvalue weighted by molar-refractivity contribution is 0.240. The molecule has 0 unspecified atom stereocenters. The SMILES string of the molecule is CS(=O)(=O)Cc1noc(-c2cnc(C3(N)CCC3)[nH]2)n1. The number of imidazole rings is 1. The molecule has 1 aliphatic rings. The molecule has 0 bridgehead atoms. The summed E-state index contributed by atoms with van der Waals surface area (Å²) in [6.45, 7) is 0. The van der Waals surface area contributed by atoms with Crippen molar-refractivity contribution in [2.45, 2.75) is 30.6 Å². The topological polar surface area (TPSA) is 128 Å². The van der Waals surface area contributed by atoms with Crippen LogP contribution in [0.3, 0.4) is 0 Å². The minimum absolute atomic E-state index is 0.129. The van der Waals surface area contributed by atoms with E-state index >= 15 is 0 Å². The van der Waals surface area contributed by atoms with Gasteiger partial charge in [0.1, 0.15) is 17.3 Å². The summed E-state index contributed by atoms with van der Waals surface area (Å²) in [4.78, 5) is 11.3. The summed E-state index contributed by atoms with van der Waals surface area (Å²) < 4.78 is 27.4. The number of hydrogen-bond acceptors (Lipinski definition) is 7. The van der Waals surface area contributed by atoms with Gasteiger partial charge < -0.3 is 15.2 Å². The fourth-order valence-electron chi connectivity index (χ4n) is 2.13. The third-order valence-corrected chi connectivity index (χ3v) is 4.17. The fourth-order valence-corrected chi connectivity index (χ4v) is 2.72. The molecule has 3 N–H and O–H groups in total. The van der Waals surface area contributed by atoms with E-state index in [0.717, 1.165) is 25.5 Å². The molecular formula is C11H15N5O3S. The molecule has 108 valence electrons. The smallest absolute Gasteiger partial charge is 0.276 e. The van der Waals surface area contributed by atoms with E-state index in [1.165, 1.54) is 0 Å². The van der Waals surface area contributed by atoms with Crippen molar-refractivity contribution < 1.29 is 12.9 Å². The number of rotatable bonds is 4. The number of H-pyrrole nitrogens is 1. The van der Waals surface area contributed by atoms with Crippen molar-refractivity contribution in [2.75, 3.05) is 6.26 Å². The Morgan fingerprint density at radius 1 is 1.50 bits per heavy atom. The highest BCUT2D eigenvalue weighted by Crippen LogP contribution is 2.37. The van der Waals surface area contributed by atoms with Crippen molar-refractivity contribution in [3.8, 4) is 11.6 Å². The van der Waals surface area contributed by atoms with Gasteiger partial charge in [-0.3, -0.25) is 0 Å². The molecular weight excluding hydrogens is 282 g/mol. The number of sulfone groups is 1. The van der Waals surface area contributed by atoms with E-state index in [-0.39, 0.29) is 17.5 Å². The average Bonchev–Trinajstić information content (AvgIpc) is 2.91. The molecule has 20 heavy (non-hydrogen) atoms. The first kappa shape index (κ1) is 13.3. The van der Waals surface area contributed by atoms with Crippen LogP contribution in [-0.4, -0.2) is 34.8 Å². The fraction of sp³-hybridized carbons (Fsp3) is 0.545. The molecule has 1 saturated carbocycles. The van der Waals surface area contributed by atoms with E-state index in [0.29, 0.717) is 11.5 Å². The second-order valence-corrected chi connectivity index (χ2v) is 7.38. The monoisotopic (exact) mass is 297 g/mol. The van der Waals surface area contributed by atoms with Gasteiger partial charge >= 0.3 is 0 Å². The van der Waals surface area contributed by atoms with Gasteiger partial charge in [0.15, 0.2) is 15.7 Å². The van der Waals surface area contributed by atoms with Crippen LogP contribution in [0.4, 0.5) is 0 Å². The van der Waals surface area contributed by atoms with Crippen molar-refractivity contribution in [3.63, 3.8) is 0 Å². The van der Waals surface area contributed by atoms with Crippen molar-refractivity contribution >= 4 is 9.84 Å². The van der Waals surface area contributed by atoms with E-state index in [1.807, 2.05) is 0 Å². The van der Waals surface area contributed by atoms with Crippen molar-refractivity contribution in [1.29, 1.82) is 0 Å². The minimum Gasteiger partial charge on any atom is -0.336 e. The Kier molecular flexibility index (Phi) is 2.91. The molecule has 1 fully saturated rings. The number of nitrogens with zero attached hydrogens (tertiary/aromatic N) is 3. The van der Waals surface area contributed by atoms with E-state index in [4.69, 9.17) is 10.3 Å². The van der Waals surface area contributed by atoms with Gasteiger partial charge in [0, 0.05) is 6.26 Å². The molecule has 0 atom stereocenters. The van der Waals surface area contributed by atoms with Gasteiger partial charge in [-0.1, -0.05) is 5.16 Å². The van der Waals surface area contributed by atoms with E-state index in [1.54, 1.807) is 6.20 Å². The van der Waals surface area contributed by atoms with E-state index in [2.05, 4.69) is 20.1 Å². The first-order valence-corrected chi connectivity index (χ1v) is 8.27. The Balaban J connectivity index is 1.83. The quantitative estimate of drug-likeness (QED) is 0.832. The standard InChI is InChI=1S/C11H15N5O3S/c1-20(17,18)6-8-15-9(19-16-8)7-5-13-10(14-7)11(12)3-2-4-11/h5H,2-4,6,12H2,1H3,(H,13,14). The molecule has 0 radical (unpaired) electrons. The first-order valence-electron chi connectivity index (χ1n) is 6.21. The lowest BCUT2D eigenvalue weighted by atomic mass is 9.77. The zero-order valence-corrected chi connectivity index (χ0v) is 11.8. The van der Waals surface area contributed by atoms with Gasteiger partial charge in [0.2, 0.25) is 0 Å². The molecule has 0 aromatic carbocycles. The molecule has 9 heteroatoms. The minimum atomic E-state index is -3.19. The number of nitrogens with one attached hydrogen (secondary N) is 1. The van der Waals surface area contributed by atoms with E-state index < -0.39 is 15.4 Å². The maximum Gasteiger partial charge on any atom is 0.276 e. The highest BCUT2D eigenvalue weighted by molar-refractivity contribution is 7.89. The summed E-state index contributed by atoms with van der Waals surface area (Å²) in [5.74, 6) is 0.787. The van der Waals surface area contributed by atoms with Gasteiger partial charge in [-0.15, -0.1) is 0 Å². The Hall–Kier alpha value is -1.74. The van der Waals surface area contributed by atoms with Gasteiger partial charge in [-0.25, -0.2) is 13.4 Å². The van der Waals surface area contributed by atoms with Crippen LogP contribution in [0.15, 0.2) is 10.7 Å². The lowest BCUT2D eigenvalue weighted by Crippen LogP contribution is -2.44. The van der Waals surface area contributed by atoms with E-state index in [9.17, 15) is 8.42 Å². The maximum atomic E-state index is 11.2. The summed E-state index contributed by atoms with van der Waals surface area (Å²) in [5, 5.41) is 3.64. The first-order chi connectivity index (χ1) is 9.36. The lowest BCUT2D eigenvalue weighted by Gasteiger charge is -2.35. The van der Waals surface area contributed by atoms with Crippen LogP contribution in [-0.2, 0) is 21.1 Å². The van der Waals surface area contributed by atoms with Crippen LogP contribution in [0, 0.1) is 0 Å². The van der Waals surface area contributed by atoms with Crippen LogP contribution >= 0.6 is 0 Å². The van der Waals surface area contributed by atoms with Crippen LogP contribution in [0.2, 0.25) is 0 Å². The molecule has 0 aliphatic heterocycles. The molecule has 2 aromatic rings. The summed E-state index contributed by atoms with van der Waals surface area (Å²) in [6, 6.07) is 0. The zero-order valence-electron chi connectivity index (χ0n) is 11.0. The summed E-state index contributed by atoms with van der Waals surface area (Å²) in [5.41, 5.74) is 6.31. The second kappa shape index (κ2) is 4.38. The van der Waals surface area contributed by atoms with Gasteiger partial charge in [0.05, 0.1) is 11.7 Å². The molecule has 0 saturated heterocycles.